The molecule has 5 rings (SSSR count). The van der Waals surface area contributed by atoms with Crippen LogP contribution in [0.4, 0.5) is 0 Å². The van der Waals surface area contributed by atoms with Gasteiger partial charge in [0, 0.05) is 12.1 Å². The first-order valence-electron chi connectivity index (χ1n) is 8.67. The van der Waals surface area contributed by atoms with Gasteiger partial charge in [-0.2, -0.15) is 0 Å². The summed E-state index contributed by atoms with van der Waals surface area (Å²) in [6.07, 6.45) is 10.3. The summed E-state index contributed by atoms with van der Waals surface area (Å²) in [5.41, 5.74) is 2.65. The van der Waals surface area contributed by atoms with E-state index in [2.05, 4.69) is 36.6 Å². The van der Waals surface area contributed by atoms with E-state index in [1.807, 2.05) is 24.5 Å². The molecule has 8 heteroatoms. The van der Waals surface area contributed by atoms with E-state index in [1.54, 1.807) is 17.2 Å². The van der Waals surface area contributed by atoms with Crippen molar-refractivity contribution in [3.8, 4) is 0 Å². The molecule has 0 aliphatic heterocycles. The fourth-order valence-corrected chi connectivity index (χ4v) is 4.04. The largest absolute Gasteiger partial charge is 0.393 e. The average Bonchev–Trinajstić information content (AvgIpc) is 3.40. The van der Waals surface area contributed by atoms with E-state index < -0.39 is 0 Å². The van der Waals surface area contributed by atoms with Gasteiger partial charge in [0.25, 0.3) is 0 Å². The summed E-state index contributed by atoms with van der Waals surface area (Å²) < 4.78 is 2.13. The molecule has 8 nitrogen and oxygen atoms in total. The van der Waals surface area contributed by atoms with E-state index in [-0.39, 0.29) is 6.10 Å². The summed E-state index contributed by atoms with van der Waals surface area (Å²) in [5, 5.41) is 13.0. The van der Waals surface area contributed by atoms with Crippen LogP contribution in [0, 0.1) is 5.92 Å². The highest BCUT2D eigenvalue weighted by molar-refractivity contribution is 5.74. The zero-order valence-corrected chi connectivity index (χ0v) is 13.9. The van der Waals surface area contributed by atoms with E-state index in [0.29, 0.717) is 11.8 Å². The van der Waals surface area contributed by atoms with Gasteiger partial charge in [-0.25, -0.2) is 4.98 Å². The highest BCUT2D eigenvalue weighted by atomic mass is 16.7. The second-order valence-electron chi connectivity index (χ2n) is 6.60. The lowest BCUT2D eigenvalue weighted by molar-refractivity contribution is 0.0166. The standard InChI is InChI=1S/C17H19N7O/c1-2-11-8-12(25-23-7-3-5-20-23)9-13(11)17-22-21-15-10-19-16-14(24(15)17)4-6-18-16/h3-7,10-13,18H,2,8-9H2,1H3/t11-,12-,13+/m1/s1. The smallest absolute Gasteiger partial charge is 0.179 e. The van der Waals surface area contributed by atoms with Crippen molar-refractivity contribution in [2.45, 2.75) is 38.2 Å². The minimum atomic E-state index is 0.130. The Hall–Kier alpha value is -2.90. The summed E-state index contributed by atoms with van der Waals surface area (Å²) >= 11 is 0. The van der Waals surface area contributed by atoms with Crippen molar-refractivity contribution in [1.29, 1.82) is 0 Å². The molecule has 0 unspecified atom stereocenters. The van der Waals surface area contributed by atoms with Crippen molar-refractivity contribution in [2.75, 3.05) is 0 Å². The monoisotopic (exact) mass is 337 g/mol. The van der Waals surface area contributed by atoms with E-state index in [1.165, 1.54) is 0 Å². The second-order valence-corrected chi connectivity index (χ2v) is 6.60. The van der Waals surface area contributed by atoms with Crippen LogP contribution in [0.2, 0.25) is 0 Å². The van der Waals surface area contributed by atoms with Crippen LogP contribution in [0.15, 0.2) is 36.9 Å². The normalized spacial score (nSPS) is 23.6. The Morgan fingerprint density at radius 1 is 1.32 bits per heavy atom. The van der Waals surface area contributed by atoms with Gasteiger partial charge in [0.15, 0.2) is 11.3 Å². The van der Waals surface area contributed by atoms with Crippen LogP contribution >= 0.6 is 0 Å². The van der Waals surface area contributed by atoms with Crippen molar-refractivity contribution in [2.24, 2.45) is 5.92 Å². The number of fused-ring (bicyclic) bond motifs is 3. The Balaban J connectivity index is 1.53. The molecule has 0 bridgehead atoms. The van der Waals surface area contributed by atoms with Crippen molar-refractivity contribution in [3.63, 3.8) is 0 Å². The summed E-state index contributed by atoms with van der Waals surface area (Å²) in [6.45, 7) is 2.23. The predicted octanol–water partition coefficient (Wildman–Crippen LogP) is 2.20. The number of hydrogen-bond donors (Lipinski definition) is 1. The average molecular weight is 337 g/mol. The van der Waals surface area contributed by atoms with Gasteiger partial charge >= 0.3 is 0 Å². The van der Waals surface area contributed by atoms with Gasteiger partial charge in [-0.3, -0.25) is 4.40 Å². The third-order valence-corrected chi connectivity index (χ3v) is 5.21. The summed E-state index contributed by atoms with van der Waals surface area (Å²) in [5.74, 6) is 1.82. The second kappa shape index (κ2) is 5.58. The van der Waals surface area contributed by atoms with Gasteiger partial charge in [-0.05, 0) is 30.9 Å². The molecule has 4 aromatic rings. The number of nitrogens with zero attached hydrogens (tertiary/aromatic N) is 6. The van der Waals surface area contributed by atoms with Crippen LogP contribution in [0.25, 0.3) is 16.8 Å². The Bertz CT molecular complexity index is 1000. The maximum Gasteiger partial charge on any atom is 0.179 e. The van der Waals surface area contributed by atoms with Gasteiger partial charge in [0.1, 0.15) is 11.9 Å². The molecule has 1 aliphatic rings. The van der Waals surface area contributed by atoms with Crippen molar-refractivity contribution in [3.05, 3.63) is 42.7 Å². The molecular weight excluding hydrogens is 318 g/mol. The Morgan fingerprint density at radius 2 is 2.28 bits per heavy atom. The molecule has 128 valence electrons. The molecule has 1 saturated carbocycles. The molecule has 0 aromatic carbocycles. The zero-order valence-electron chi connectivity index (χ0n) is 13.9. The van der Waals surface area contributed by atoms with E-state index in [4.69, 9.17) is 4.84 Å². The van der Waals surface area contributed by atoms with Crippen LogP contribution in [0.1, 0.15) is 37.9 Å². The zero-order chi connectivity index (χ0) is 16.8. The molecule has 3 atom stereocenters. The first-order chi connectivity index (χ1) is 12.3. The molecule has 1 N–H and O–H groups in total. The number of aromatic nitrogens is 7. The number of nitrogens with one attached hydrogen (secondary N) is 1. The Labute approximate surface area is 143 Å². The number of aromatic amines is 1. The molecular formula is C17H19N7O. The van der Waals surface area contributed by atoms with Crippen molar-refractivity contribution >= 4 is 16.8 Å². The quantitative estimate of drug-likeness (QED) is 0.617. The van der Waals surface area contributed by atoms with Gasteiger partial charge in [0.2, 0.25) is 0 Å². The lowest BCUT2D eigenvalue weighted by Gasteiger charge is -2.15. The Morgan fingerprint density at radius 3 is 3.12 bits per heavy atom. The minimum absolute atomic E-state index is 0.130. The molecule has 1 fully saturated rings. The van der Waals surface area contributed by atoms with Crippen LogP contribution in [0.5, 0.6) is 0 Å². The third kappa shape index (κ3) is 2.28. The van der Waals surface area contributed by atoms with Gasteiger partial charge < -0.3 is 9.82 Å². The summed E-state index contributed by atoms with van der Waals surface area (Å²) in [6, 6.07) is 3.89. The van der Waals surface area contributed by atoms with Crippen LogP contribution in [-0.2, 0) is 0 Å². The number of rotatable bonds is 4. The number of hydrogen-bond acceptors (Lipinski definition) is 5. The van der Waals surface area contributed by atoms with E-state index >= 15 is 0 Å². The first-order valence-corrected chi connectivity index (χ1v) is 8.67. The third-order valence-electron chi connectivity index (χ3n) is 5.21. The molecule has 4 aromatic heterocycles. The van der Waals surface area contributed by atoms with Crippen LogP contribution < -0.4 is 4.84 Å². The van der Waals surface area contributed by atoms with Crippen LogP contribution in [0.3, 0.4) is 0 Å². The molecule has 25 heavy (non-hydrogen) atoms. The lowest BCUT2D eigenvalue weighted by Crippen LogP contribution is -2.23. The topological polar surface area (TPSA) is 85.9 Å². The molecule has 0 radical (unpaired) electrons. The number of H-pyrrole nitrogens is 1. The summed E-state index contributed by atoms with van der Waals surface area (Å²) in [7, 11) is 0. The van der Waals surface area contributed by atoms with Crippen molar-refractivity contribution < 1.29 is 4.84 Å². The minimum Gasteiger partial charge on any atom is -0.393 e. The molecule has 0 saturated heterocycles. The van der Waals surface area contributed by atoms with Crippen molar-refractivity contribution in [1.82, 2.24) is 34.5 Å². The lowest BCUT2D eigenvalue weighted by atomic mass is 9.93. The highest BCUT2D eigenvalue weighted by Gasteiger charge is 2.38. The van der Waals surface area contributed by atoms with E-state index in [0.717, 1.165) is 41.9 Å². The molecule has 0 spiro atoms. The fraction of sp³-hybridized carbons (Fsp3) is 0.412. The molecule has 4 heterocycles. The predicted molar refractivity (Wildman–Crippen MR) is 91.0 cm³/mol. The summed E-state index contributed by atoms with van der Waals surface area (Å²) in [4.78, 5) is 15.1. The Kier molecular flexibility index (Phi) is 3.22. The molecule has 1 aliphatic carbocycles. The van der Waals surface area contributed by atoms with Gasteiger partial charge in [0.05, 0.1) is 24.1 Å². The van der Waals surface area contributed by atoms with Gasteiger partial charge in [-0.15, -0.1) is 20.1 Å². The maximum atomic E-state index is 5.99. The van der Waals surface area contributed by atoms with E-state index in [9.17, 15) is 0 Å². The van der Waals surface area contributed by atoms with Gasteiger partial charge in [-0.1, -0.05) is 13.3 Å². The molecule has 0 amide bonds. The maximum absolute atomic E-state index is 5.99. The first kappa shape index (κ1) is 14.4. The fourth-order valence-electron chi connectivity index (χ4n) is 4.04. The SMILES string of the molecule is CC[C@@H]1C[C@@H](On2cccn2)C[C@@H]1c1nnc2cnc3[nH]ccc3n12. The van der Waals surface area contributed by atoms with Crippen LogP contribution in [-0.4, -0.2) is 40.6 Å². The highest BCUT2D eigenvalue weighted by Crippen LogP contribution is 2.41.